The van der Waals surface area contributed by atoms with E-state index in [9.17, 15) is 4.79 Å². The highest BCUT2D eigenvalue weighted by atomic mass is 16.5. The van der Waals surface area contributed by atoms with E-state index in [-0.39, 0.29) is 11.5 Å². The van der Waals surface area contributed by atoms with Crippen LogP contribution in [-0.4, -0.2) is 57.2 Å². The molecule has 34 heavy (non-hydrogen) atoms. The molecule has 0 spiro atoms. The molecule has 0 radical (unpaired) electrons. The van der Waals surface area contributed by atoms with Crippen LogP contribution in [0.15, 0.2) is 60.8 Å². The number of nitrogens with two attached hydrogens (primary N) is 1. The van der Waals surface area contributed by atoms with Crippen LogP contribution in [0.4, 0.5) is 11.4 Å². The predicted octanol–water partition coefficient (Wildman–Crippen LogP) is 4.26. The number of nitrogens with zero attached hydrogens (tertiary/aromatic N) is 1. The number of Topliss-reactive ketones (excluding diaryl/α,β-unsaturated/α-hetero) is 1. The number of morpholine rings is 1. The molecule has 1 fully saturated rings. The molecule has 0 bridgehead atoms. The monoisotopic (exact) mass is 461 g/mol. The number of nitrogen functional groups attached to an aromatic ring is 1. The highest BCUT2D eigenvalue weighted by Gasteiger charge is 2.18. The third-order valence-electron chi connectivity index (χ3n) is 5.92. The minimum atomic E-state index is -0.210. The normalized spacial score (nSPS) is 14.1. The maximum absolute atomic E-state index is 13.4. The number of anilines is 2. The van der Waals surface area contributed by atoms with E-state index in [1.54, 1.807) is 13.2 Å². The number of hydrogen-bond acceptors (Lipinski definition) is 7. The number of ether oxygens (including phenoxy) is 3. The van der Waals surface area contributed by atoms with Gasteiger partial charge in [-0.15, -0.1) is 0 Å². The molecule has 7 heteroatoms. The molecule has 3 aromatic carbocycles. The standard InChI is InChI=1S/C27H31N3O4/c1-18-16-23(28)27(32-3)24(17-18)29-19(2)26(31)22-8-9-25(21-7-5-4-6-20(21)22)34-15-12-30-10-13-33-14-11-30/h4-9,16-17,29H,2,10-15,28H2,1,3H3. The lowest BCUT2D eigenvalue weighted by Gasteiger charge is -2.26. The van der Waals surface area contributed by atoms with Gasteiger partial charge in [0.25, 0.3) is 0 Å². The summed E-state index contributed by atoms with van der Waals surface area (Å²) in [5, 5.41) is 4.80. The van der Waals surface area contributed by atoms with Crippen molar-refractivity contribution in [3.05, 3.63) is 71.9 Å². The number of allylic oxidation sites excluding steroid dienone is 1. The summed E-state index contributed by atoms with van der Waals surface area (Å²) >= 11 is 0. The van der Waals surface area contributed by atoms with Gasteiger partial charge < -0.3 is 25.3 Å². The zero-order chi connectivity index (χ0) is 24.1. The molecule has 1 aliphatic heterocycles. The van der Waals surface area contributed by atoms with Gasteiger partial charge in [0, 0.05) is 30.6 Å². The highest BCUT2D eigenvalue weighted by Crippen LogP contribution is 2.34. The van der Waals surface area contributed by atoms with Gasteiger partial charge in [-0.3, -0.25) is 9.69 Å². The maximum Gasteiger partial charge on any atom is 0.209 e. The number of ketones is 1. The molecule has 0 unspecified atom stereocenters. The molecule has 0 atom stereocenters. The van der Waals surface area contributed by atoms with Gasteiger partial charge in [-0.1, -0.05) is 30.8 Å². The number of fused-ring (bicyclic) bond motifs is 1. The minimum Gasteiger partial charge on any atom is -0.492 e. The topological polar surface area (TPSA) is 86.0 Å². The van der Waals surface area contributed by atoms with E-state index in [4.69, 9.17) is 19.9 Å². The van der Waals surface area contributed by atoms with Crippen molar-refractivity contribution < 1.29 is 19.0 Å². The number of nitrogens with one attached hydrogen (secondary N) is 1. The number of carbonyl (C=O) groups is 1. The Morgan fingerprint density at radius 3 is 2.62 bits per heavy atom. The fourth-order valence-corrected chi connectivity index (χ4v) is 4.21. The lowest BCUT2D eigenvalue weighted by Crippen LogP contribution is -2.38. The Bertz CT molecular complexity index is 1200. The number of benzene rings is 3. The first-order chi connectivity index (χ1) is 16.5. The zero-order valence-corrected chi connectivity index (χ0v) is 19.7. The number of aryl methyl sites for hydroxylation is 1. The van der Waals surface area contributed by atoms with E-state index >= 15 is 0 Å². The Balaban J connectivity index is 1.53. The SMILES string of the molecule is C=C(Nc1cc(C)cc(N)c1OC)C(=O)c1ccc(OCCN2CCOCC2)c2ccccc12. The molecule has 178 valence electrons. The van der Waals surface area contributed by atoms with E-state index in [1.165, 1.54) is 0 Å². The van der Waals surface area contributed by atoms with Gasteiger partial charge >= 0.3 is 0 Å². The number of hydrogen-bond donors (Lipinski definition) is 2. The molecule has 1 heterocycles. The van der Waals surface area contributed by atoms with Gasteiger partial charge in [-0.05, 0) is 42.1 Å². The van der Waals surface area contributed by atoms with Crippen molar-refractivity contribution in [3.63, 3.8) is 0 Å². The average Bonchev–Trinajstić information content (AvgIpc) is 2.84. The van der Waals surface area contributed by atoms with Crippen molar-refractivity contribution in [1.29, 1.82) is 0 Å². The summed E-state index contributed by atoms with van der Waals surface area (Å²) in [5.74, 6) is 1.03. The van der Waals surface area contributed by atoms with Gasteiger partial charge in [-0.25, -0.2) is 0 Å². The smallest absolute Gasteiger partial charge is 0.209 e. The van der Waals surface area contributed by atoms with Crippen LogP contribution < -0.4 is 20.5 Å². The van der Waals surface area contributed by atoms with Gasteiger partial charge in [0.15, 0.2) is 5.75 Å². The van der Waals surface area contributed by atoms with Crippen molar-refractivity contribution in [2.45, 2.75) is 6.92 Å². The molecule has 3 N–H and O–H groups in total. The first-order valence-corrected chi connectivity index (χ1v) is 11.4. The maximum atomic E-state index is 13.4. The second-order valence-electron chi connectivity index (χ2n) is 8.33. The average molecular weight is 462 g/mol. The van der Waals surface area contributed by atoms with Crippen LogP contribution in [0, 0.1) is 6.92 Å². The molecule has 7 nitrogen and oxygen atoms in total. The summed E-state index contributed by atoms with van der Waals surface area (Å²) in [7, 11) is 1.54. The minimum absolute atomic E-state index is 0.210. The fourth-order valence-electron chi connectivity index (χ4n) is 4.21. The molecule has 4 rings (SSSR count). The molecule has 3 aromatic rings. The van der Waals surface area contributed by atoms with Gasteiger partial charge in [0.05, 0.1) is 37.4 Å². The lowest BCUT2D eigenvalue weighted by molar-refractivity contribution is 0.0323. The fraction of sp³-hybridized carbons (Fsp3) is 0.296. The quantitative estimate of drug-likeness (QED) is 0.280. The summed E-state index contributed by atoms with van der Waals surface area (Å²) in [6.45, 7) is 10.7. The largest absolute Gasteiger partial charge is 0.492 e. The Hall–Kier alpha value is -3.55. The van der Waals surface area contributed by atoms with Gasteiger partial charge in [0.2, 0.25) is 5.78 Å². The van der Waals surface area contributed by atoms with Crippen molar-refractivity contribution in [1.82, 2.24) is 4.90 Å². The molecule has 0 saturated carbocycles. The molecule has 1 saturated heterocycles. The first kappa shape index (κ1) is 23.6. The molecule has 0 aliphatic carbocycles. The summed E-state index contributed by atoms with van der Waals surface area (Å²) < 4.78 is 16.9. The zero-order valence-electron chi connectivity index (χ0n) is 19.7. The molecular weight excluding hydrogens is 430 g/mol. The molecule has 0 aromatic heterocycles. The summed E-state index contributed by atoms with van der Waals surface area (Å²) in [5.41, 5.74) is 8.90. The lowest BCUT2D eigenvalue weighted by atomic mass is 9.99. The van der Waals surface area contributed by atoms with E-state index in [0.29, 0.717) is 29.3 Å². The van der Waals surface area contributed by atoms with E-state index in [0.717, 1.165) is 54.9 Å². The Morgan fingerprint density at radius 1 is 1.15 bits per heavy atom. The van der Waals surface area contributed by atoms with Crippen LogP contribution >= 0.6 is 0 Å². The van der Waals surface area contributed by atoms with E-state index in [1.807, 2.05) is 49.4 Å². The number of methoxy groups -OCH3 is 1. The predicted molar refractivity (Wildman–Crippen MR) is 136 cm³/mol. The Labute approximate surface area is 200 Å². The highest BCUT2D eigenvalue weighted by molar-refractivity contribution is 6.18. The second kappa shape index (κ2) is 10.6. The first-order valence-electron chi connectivity index (χ1n) is 11.4. The molecular formula is C27H31N3O4. The van der Waals surface area contributed by atoms with Crippen molar-refractivity contribution >= 4 is 27.9 Å². The van der Waals surface area contributed by atoms with Crippen LogP contribution in [0.25, 0.3) is 10.8 Å². The summed E-state index contributed by atoms with van der Waals surface area (Å²) in [6, 6.07) is 15.1. The van der Waals surface area contributed by atoms with Crippen LogP contribution in [-0.2, 0) is 4.74 Å². The van der Waals surface area contributed by atoms with E-state index in [2.05, 4.69) is 16.8 Å². The van der Waals surface area contributed by atoms with Crippen molar-refractivity contribution in [2.75, 3.05) is 57.6 Å². The molecule has 0 amide bonds. The van der Waals surface area contributed by atoms with Gasteiger partial charge in [0.1, 0.15) is 12.4 Å². The Kier molecular flexibility index (Phi) is 7.35. The number of carbonyl (C=O) groups excluding carboxylic acids is 1. The van der Waals surface area contributed by atoms with Crippen LogP contribution in [0.2, 0.25) is 0 Å². The third kappa shape index (κ3) is 5.16. The summed E-state index contributed by atoms with van der Waals surface area (Å²) in [4.78, 5) is 15.7. The Morgan fingerprint density at radius 2 is 1.88 bits per heavy atom. The van der Waals surface area contributed by atoms with Crippen LogP contribution in [0.5, 0.6) is 11.5 Å². The van der Waals surface area contributed by atoms with Crippen molar-refractivity contribution in [3.8, 4) is 11.5 Å². The molecule has 1 aliphatic rings. The van der Waals surface area contributed by atoms with Crippen molar-refractivity contribution in [2.24, 2.45) is 0 Å². The summed E-state index contributed by atoms with van der Waals surface area (Å²) in [6.07, 6.45) is 0. The van der Waals surface area contributed by atoms with Crippen LogP contribution in [0.1, 0.15) is 15.9 Å². The third-order valence-corrected chi connectivity index (χ3v) is 5.92. The van der Waals surface area contributed by atoms with Crippen LogP contribution in [0.3, 0.4) is 0 Å². The van der Waals surface area contributed by atoms with Gasteiger partial charge in [-0.2, -0.15) is 0 Å². The number of rotatable bonds is 9. The second-order valence-corrected chi connectivity index (χ2v) is 8.33. The van der Waals surface area contributed by atoms with E-state index < -0.39 is 0 Å².